The molecule has 2 N–H and O–H groups in total. The predicted octanol–water partition coefficient (Wildman–Crippen LogP) is 8.51. The number of carboxylic acids is 1. The second-order valence-corrected chi connectivity index (χ2v) is 28.7. The molecule has 551 valence electrons. The number of fused-ring (bicyclic) bond motifs is 3. The molecule has 30 heteroatoms. The molecule has 22 nitrogen and oxygen atoms in total. The zero-order valence-electron chi connectivity index (χ0n) is 61.3. The molecule has 12 rings (SSSR count). The maximum absolute atomic E-state index is 12.8. The van der Waals surface area contributed by atoms with Crippen molar-refractivity contribution in [2.24, 2.45) is 23.5 Å². The standard InChI is InChI=1S/C21H24N4OS.C18H22ClN3O.C16H18ClN3O.C9H14BNO2S.C4H6O4.C2H4O2.C2H4.CH3.B.Na.Pd/c1-25(2)18-5-3-14(4-6-18)20(26)9-17-7-15-8-19(21-12-22-13-27-21)24-11-16(15)10-23-17;1-22(2)16-5-3-12(4-6-16)17(23)9-15-7-13-8-18(19)21-11-14(13)10-20-15;17-16-6-11-5-14(19-8-12(11)9-20-16)7-15(21)10-1-3-13(18)4-2-10;1-8(2)9(3,4)13-10(12-8)7-5-11-6-14-7;1-3(5)7-8-4(2)6;1-2(3)4;1-2;;;;/h7-8,10-14,18H,3-6,9H2,1-2H3;7-8,10-12,16H,3-6,9H2,1-2H3;5-6,8-10,13H,1-4,7,18H2;5-6H,1-4H3;1-2H3;1H3,(H,3,4);1-2H2;1H3;;;/q;;;;;;;-1;;+1;/p-1. The van der Waals surface area contributed by atoms with E-state index >= 15 is 0 Å². The number of carbonyl (C=O) groups excluding carboxylic acids is 6. The Morgan fingerprint density at radius 2 is 0.874 bits per heavy atom. The number of Topliss-reactive ketones (excluding diaryl/α,β-unsaturated/α-hetero) is 3. The molecule has 8 aromatic rings. The van der Waals surface area contributed by atoms with E-state index in [0.29, 0.717) is 53.2 Å². The number of nitrogens with zero attached hydrogens (tertiary/aromatic N) is 10. The molecule has 1 saturated heterocycles. The molecular weight excluding hydrogens is 1490 g/mol. The SMILES string of the molecule is C=C.CC(=O)OOC(C)=O.CC(=O)[O-].CC1(C)OB(c2cncs2)OC1(C)C.CN(C)C1CCC(C(=O)Cc2cc3cc(-c4cncs4)ncc3cn2)CC1.CN(C)C1CCC(C(=O)Cc2cc3cc(Cl)ncc3cn2)CC1.NC1CCC(C(=O)Cc2cc3cc(Cl)ncc3cn2)CC1.[B].[CH3-].[Na+].[Pd]. The van der Waals surface area contributed by atoms with Gasteiger partial charge in [-0.15, -0.1) is 35.8 Å². The van der Waals surface area contributed by atoms with E-state index in [-0.39, 0.29) is 114 Å². The molecule has 0 atom stereocenters. The van der Waals surface area contributed by atoms with E-state index < -0.39 is 17.9 Å². The first-order chi connectivity index (χ1) is 47.0. The van der Waals surface area contributed by atoms with Gasteiger partial charge in [0.05, 0.1) is 37.6 Å². The van der Waals surface area contributed by atoms with Gasteiger partial charge in [-0.2, -0.15) is 0 Å². The second-order valence-electron chi connectivity index (χ2n) is 26.1. The monoisotopic (exact) mass is 1590 g/mol. The number of thiazole rings is 2. The summed E-state index contributed by atoms with van der Waals surface area (Å²) >= 11 is 15.0. The Morgan fingerprint density at radius 1 is 0.544 bits per heavy atom. The first-order valence-corrected chi connectivity index (χ1v) is 35.4. The Morgan fingerprint density at radius 3 is 1.20 bits per heavy atom. The van der Waals surface area contributed by atoms with Gasteiger partial charge in [0, 0.05) is 187 Å². The van der Waals surface area contributed by atoms with Crippen LogP contribution in [0.3, 0.4) is 0 Å². The summed E-state index contributed by atoms with van der Waals surface area (Å²) in [5.74, 6) is -0.934. The van der Waals surface area contributed by atoms with Crippen LogP contribution in [0.15, 0.2) is 110 Å². The van der Waals surface area contributed by atoms with Gasteiger partial charge >= 0.3 is 48.6 Å². The first-order valence-electron chi connectivity index (χ1n) is 32.9. The Balaban J connectivity index is 0.000000440. The number of aliphatic carboxylic acids is 1. The molecule has 3 radical (unpaired) electrons. The summed E-state index contributed by atoms with van der Waals surface area (Å²) in [7, 11) is 8.23. The fraction of sp³-hybridized carbons (Fsp3) is 0.466. The summed E-state index contributed by atoms with van der Waals surface area (Å²) in [6.07, 6.45) is 27.5. The molecule has 1 aliphatic heterocycles. The predicted molar refractivity (Wildman–Crippen MR) is 400 cm³/mol. The summed E-state index contributed by atoms with van der Waals surface area (Å²) in [5, 5.41) is 15.7. The molecule has 4 aliphatic rings. The van der Waals surface area contributed by atoms with Crippen molar-refractivity contribution >= 4 is 134 Å². The molecule has 0 bridgehead atoms. The van der Waals surface area contributed by atoms with Crippen LogP contribution in [-0.4, -0.2) is 158 Å². The summed E-state index contributed by atoms with van der Waals surface area (Å²) in [6.45, 7) is 17.5. The molecular formula is C73H94B2Cl2N11NaO11PdS2-. The van der Waals surface area contributed by atoms with Gasteiger partial charge in [0.1, 0.15) is 27.7 Å². The molecule has 0 spiro atoms. The van der Waals surface area contributed by atoms with Crippen molar-refractivity contribution in [2.75, 3.05) is 28.2 Å². The number of nitrogens with two attached hydrogens (primary N) is 1. The molecule has 9 heterocycles. The third-order valence-electron chi connectivity index (χ3n) is 17.9. The van der Waals surface area contributed by atoms with Crippen molar-refractivity contribution in [1.29, 1.82) is 0 Å². The number of carboxylic acid groups (broad SMARTS) is 1. The minimum atomic E-state index is -1.08. The van der Waals surface area contributed by atoms with Gasteiger partial charge in [-0.1, -0.05) is 23.2 Å². The van der Waals surface area contributed by atoms with Gasteiger partial charge in [0.2, 0.25) is 0 Å². The van der Waals surface area contributed by atoms with E-state index in [2.05, 4.69) is 107 Å². The third kappa shape index (κ3) is 30.2. The second kappa shape index (κ2) is 45.7. The van der Waals surface area contributed by atoms with Crippen LogP contribution in [0.4, 0.5) is 0 Å². The van der Waals surface area contributed by atoms with E-state index in [1.807, 2.05) is 76.1 Å². The summed E-state index contributed by atoms with van der Waals surface area (Å²) < 4.78 is 12.7. The Kier molecular flexibility index (Phi) is 41.4. The number of hydrogen-bond donors (Lipinski definition) is 1. The Hall–Kier alpha value is -5.73. The summed E-state index contributed by atoms with van der Waals surface area (Å²) in [5.41, 5.74) is 12.3. The normalized spacial score (nSPS) is 18.9. The summed E-state index contributed by atoms with van der Waals surface area (Å²) in [4.78, 5) is 113. The van der Waals surface area contributed by atoms with Crippen molar-refractivity contribution < 1.29 is 103 Å². The van der Waals surface area contributed by atoms with E-state index in [9.17, 15) is 24.0 Å². The van der Waals surface area contributed by atoms with Gasteiger partial charge in [-0.05, 0) is 192 Å². The first kappa shape index (κ1) is 93.4. The molecule has 3 aliphatic carbocycles. The van der Waals surface area contributed by atoms with Gasteiger partial charge in [0.25, 0.3) is 0 Å². The topological polar surface area (TPSA) is 298 Å². The molecule has 4 fully saturated rings. The van der Waals surface area contributed by atoms with Crippen LogP contribution in [-0.2, 0) is 87.5 Å². The zero-order valence-corrected chi connectivity index (χ0v) is 68.0. The molecule has 3 saturated carbocycles. The van der Waals surface area contributed by atoms with Crippen LogP contribution < -0.4 is 45.2 Å². The third-order valence-corrected chi connectivity index (χ3v) is 19.9. The maximum Gasteiger partial charge on any atom is 1.00 e. The average Bonchev–Trinajstić information content (AvgIpc) is 1.65. The Labute approximate surface area is 662 Å². The molecule has 0 unspecified atom stereocenters. The van der Waals surface area contributed by atoms with Crippen molar-refractivity contribution in [3.8, 4) is 10.6 Å². The number of rotatable bonds is 13. The van der Waals surface area contributed by atoms with Crippen LogP contribution in [0.5, 0.6) is 0 Å². The van der Waals surface area contributed by atoms with Gasteiger partial charge < -0.3 is 42.2 Å². The van der Waals surface area contributed by atoms with Crippen LogP contribution in [0.2, 0.25) is 10.3 Å². The van der Waals surface area contributed by atoms with E-state index in [1.54, 1.807) is 65.2 Å². The smallest absolute Gasteiger partial charge is 0.550 e. The average molecular weight is 1590 g/mol. The number of hydrogen-bond acceptors (Lipinski definition) is 24. The number of halogens is 2. The van der Waals surface area contributed by atoms with Crippen LogP contribution in [0.1, 0.15) is 143 Å². The number of aromatic nitrogens is 8. The zero-order chi connectivity index (χ0) is 72.6. The van der Waals surface area contributed by atoms with Crippen LogP contribution >= 0.6 is 45.9 Å². The van der Waals surface area contributed by atoms with Gasteiger partial charge in [0.15, 0.2) is 0 Å². The molecule has 8 aromatic heterocycles. The van der Waals surface area contributed by atoms with Crippen LogP contribution in [0.25, 0.3) is 42.9 Å². The maximum atomic E-state index is 12.8. The van der Waals surface area contributed by atoms with Crippen molar-refractivity contribution in [2.45, 2.75) is 174 Å². The van der Waals surface area contributed by atoms with Crippen molar-refractivity contribution in [1.82, 2.24) is 49.7 Å². The molecule has 103 heavy (non-hydrogen) atoms. The van der Waals surface area contributed by atoms with Crippen molar-refractivity contribution in [3.05, 3.63) is 145 Å². The molecule has 0 aromatic carbocycles. The van der Waals surface area contributed by atoms with Crippen molar-refractivity contribution in [3.63, 3.8) is 0 Å². The summed E-state index contributed by atoms with van der Waals surface area (Å²) in [6, 6.07) is 13.1. The van der Waals surface area contributed by atoms with E-state index in [0.717, 1.165) is 163 Å². The Bertz CT molecular complexity index is 3930. The van der Waals surface area contributed by atoms with E-state index in [1.165, 1.54) is 0 Å². The van der Waals surface area contributed by atoms with Crippen LogP contribution in [0, 0.1) is 25.2 Å². The molecule has 0 amide bonds. The number of pyridine rings is 6. The van der Waals surface area contributed by atoms with Gasteiger partial charge in [-0.25, -0.2) is 29.3 Å². The number of ketones is 3. The van der Waals surface area contributed by atoms with Gasteiger partial charge in [-0.3, -0.25) is 44.3 Å². The largest absolute Gasteiger partial charge is 1.00 e. The number of carbonyl (C=O) groups is 6. The van der Waals surface area contributed by atoms with E-state index in [4.69, 9.17) is 48.1 Å². The quantitative estimate of drug-likeness (QED) is 0.0282. The fourth-order valence-electron chi connectivity index (χ4n) is 11.6. The minimum Gasteiger partial charge on any atom is -0.550 e. The fourth-order valence-corrected chi connectivity index (χ4v) is 13.1. The minimum absolute atomic E-state index is 0.